The van der Waals surface area contributed by atoms with E-state index < -0.39 is 5.97 Å². The van der Waals surface area contributed by atoms with Gasteiger partial charge in [-0.15, -0.1) is 0 Å². The molecule has 0 unspecified atom stereocenters. The second-order valence-electron chi connectivity index (χ2n) is 9.34. The van der Waals surface area contributed by atoms with Crippen molar-refractivity contribution in [3.8, 4) is 0 Å². The van der Waals surface area contributed by atoms with Gasteiger partial charge in [-0.1, -0.05) is 55.7 Å². The molecule has 0 N–H and O–H groups in total. The van der Waals surface area contributed by atoms with Gasteiger partial charge in [-0.3, -0.25) is 14.0 Å². The zero-order valence-electron chi connectivity index (χ0n) is 20.9. The van der Waals surface area contributed by atoms with Crippen LogP contribution in [0.4, 0.5) is 0 Å². The first-order valence-electron chi connectivity index (χ1n) is 12.9. The molecule has 0 radical (unpaired) electrons. The summed E-state index contributed by atoms with van der Waals surface area (Å²) in [7, 11) is 0. The normalized spacial score (nSPS) is 14.8. The molecule has 1 fully saturated rings. The second kappa shape index (κ2) is 10.9. The molecule has 0 saturated heterocycles. The van der Waals surface area contributed by atoms with Crippen LogP contribution in [-0.4, -0.2) is 32.4 Å². The Morgan fingerprint density at radius 3 is 2.57 bits per heavy atom. The zero-order valence-corrected chi connectivity index (χ0v) is 20.9. The number of fused-ring (bicyclic) bond motifs is 2. The topological polar surface area (TPSA) is 95.0 Å². The molecule has 1 aromatic carbocycles. The Bertz CT molecular complexity index is 1580. The molecule has 3 aromatic heterocycles. The largest absolute Gasteiger partial charge is 0.462 e. The molecular weight excluding hydrogens is 468 g/mol. The molecule has 0 spiro atoms. The van der Waals surface area contributed by atoms with Crippen molar-refractivity contribution in [2.75, 3.05) is 6.61 Å². The number of carbonyl (C=O) groups excluding carboxylic acids is 2. The number of rotatable bonds is 6. The van der Waals surface area contributed by atoms with Gasteiger partial charge in [0.15, 0.2) is 5.49 Å². The third-order valence-electron chi connectivity index (χ3n) is 6.87. The summed E-state index contributed by atoms with van der Waals surface area (Å²) in [6.07, 6.45) is 7.24. The number of carbonyl (C=O) groups is 2. The van der Waals surface area contributed by atoms with Gasteiger partial charge in [-0.2, -0.15) is 4.99 Å². The number of pyridine rings is 2. The summed E-state index contributed by atoms with van der Waals surface area (Å²) in [5.74, 6) is -0.947. The third-order valence-corrected chi connectivity index (χ3v) is 6.87. The first kappa shape index (κ1) is 24.6. The maximum absolute atomic E-state index is 13.5. The summed E-state index contributed by atoms with van der Waals surface area (Å²) in [4.78, 5) is 49.1. The van der Waals surface area contributed by atoms with E-state index in [2.05, 4.69) is 4.99 Å². The quantitative estimate of drug-likeness (QED) is 0.290. The molecule has 5 rings (SSSR count). The highest BCUT2D eigenvalue weighted by Crippen LogP contribution is 2.29. The summed E-state index contributed by atoms with van der Waals surface area (Å²) >= 11 is 0. The number of hydrogen-bond donors (Lipinski definition) is 0. The average molecular weight is 499 g/mol. The fourth-order valence-electron chi connectivity index (χ4n) is 5.07. The SMILES string of the molecule is CCOC(=O)c1cc2c(=O)n3ccccc3nc2n(C2CCCCC2)c1=NC(=O)CCc1ccccc1. The summed E-state index contributed by atoms with van der Waals surface area (Å²) in [5.41, 5.74) is 2.03. The van der Waals surface area contributed by atoms with Crippen LogP contribution in [0.25, 0.3) is 16.7 Å². The van der Waals surface area contributed by atoms with Gasteiger partial charge in [0.1, 0.15) is 16.9 Å². The molecule has 8 nitrogen and oxygen atoms in total. The monoisotopic (exact) mass is 498 g/mol. The number of benzene rings is 1. The molecule has 37 heavy (non-hydrogen) atoms. The van der Waals surface area contributed by atoms with Gasteiger partial charge in [-0.25, -0.2) is 9.78 Å². The smallest absolute Gasteiger partial charge is 0.341 e. The highest BCUT2D eigenvalue weighted by atomic mass is 16.5. The molecule has 1 aliphatic rings. The van der Waals surface area contributed by atoms with E-state index in [1.54, 1.807) is 25.3 Å². The first-order valence-corrected chi connectivity index (χ1v) is 12.9. The number of esters is 1. The van der Waals surface area contributed by atoms with Crippen LogP contribution in [0.2, 0.25) is 0 Å². The van der Waals surface area contributed by atoms with Crippen molar-refractivity contribution >= 4 is 28.6 Å². The summed E-state index contributed by atoms with van der Waals surface area (Å²) in [5, 5.41) is 0.299. The van der Waals surface area contributed by atoms with Crippen molar-refractivity contribution in [2.24, 2.45) is 4.99 Å². The van der Waals surface area contributed by atoms with Crippen LogP contribution in [0.1, 0.15) is 67.4 Å². The van der Waals surface area contributed by atoms with Crippen molar-refractivity contribution in [1.29, 1.82) is 0 Å². The number of nitrogens with zero attached hydrogens (tertiary/aromatic N) is 4. The number of hydrogen-bond acceptors (Lipinski definition) is 5. The van der Waals surface area contributed by atoms with E-state index >= 15 is 0 Å². The minimum atomic E-state index is -0.610. The average Bonchev–Trinajstić information content (AvgIpc) is 2.93. The van der Waals surface area contributed by atoms with Crippen LogP contribution < -0.4 is 11.0 Å². The molecule has 1 amide bonds. The van der Waals surface area contributed by atoms with Gasteiger partial charge in [-0.05, 0) is 49.9 Å². The van der Waals surface area contributed by atoms with Crippen molar-refractivity contribution in [2.45, 2.75) is 57.9 Å². The van der Waals surface area contributed by atoms with E-state index in [0.717, 1.165) is 37.7 Å². The lowest BCUT2D eigenvalue weighted by atomic mass is 9.94. The van der Waals surface area contributed by atoms with Crippen molar-refractivity contribution < 1.29 is 14.3 Å². The number of aromatic nitrogens is 3. The molecule has 0 atom stereocenters. The second-order valence-corrected chi connectivity index (χ2v) is 9.34. The van der Waals surface area contributed by atoms with E-state index in [1.165, 1.54) is 10.5 Å². The molecule has 1 saturated carbocycles. The van der Waals surface area contributed by atoms with Crippen LogP contribution in [-0.2, 0) is 16.0 Å². The lowest BCUT2D eigenvalue weighted by Crippen LogP contribution is -2.35. The van der Waals surface area contributed by atoms with Gasteiger partial charge in [0.2, 0.25) is 5.91 Å². The van der Waals surface area contributed by atoms with Crippen molar-refractivity contribution in [3.63, 3.8) is 0 Å². The van der Waals surface area contributed by atoms with Crippen LogP contribution >= 0.6 is 0 Å². The van der Waals surface area contributed by atoms with E-state index in [1.807, 2.05) is 41.0 Å². The first-order chi connectivity index (χ1) is 18.1. The van der Waals surface area contributed by atoms with Crippen molar-refractivity contribution in [1.82, 2.24) is 14.0 Å². The highest BCUT2D eigenvalue weighted by Gasteiger charge is 2.25. The molecule has 3 heterocycles. The molecule has 8 heteroatoms. The van der Waals surface area contributed by atoms with Gasteiger partial charge in [0.25, 0.3) is 5.56 Å². The highest BCUT2D eigenvalue weighted by molar-refractivity contribution is 5.93. The van der Waals surface area contributed by atoms with Gasteiger partial charge >= 0.3 is 5.97 Å². The Kier molecular flexibility index (Phi) is 7.25. The van der Waals surface area contributed by atoms with E-state index in [9.17, 15) is 14.4 Å². The van der Waals surface area contributed by atoms with Crippen LogP contribution in [0.15, 0.2) is 70.6 Å². The van der Waals surface area contributed by atoms with Crippen molar-refractivity contribution in [3.05, 3.63) is 87.8 Å². The standard InChI is InChI=1S/C29H30N4O4/c1-2-37-29(36)23-19-22-26(30-24-15-9-10-18-32(24)28(22)35)33(21-13-7-4-8-14-21)27(23)31-25(34)17-16-20-11-5-3-6-12-20/h3,5-6,9-12,15,18-19,21H,2,4,7-8,13-14,16-17H2,1H3. The summed E-state index contributed by atoms with van der Waals surface area (Å²) in [6.45, 7) is 1.89. The Morgan fingerprint density at radius 2 is 1.81 bits per heavy atom. The lowest BCUT2D eigenvalue weighted by Gasteiger charge is -2.27. The Hall–Kier alpha value is -4.07. The fraction of sp³-hybridized carbons (Fsp3) is 0.345. The predicted molar refractivity (Wildman–Crippen MR) is 140 cm³/mol. The number of amides is 1. The summed E-state index contributed by atoms with van der Waals surface area (Å²) in [6, 6.07) is 16.6. The van der Waals surface area contributed by atoms with Gasteiger partial charge in [0, 0.05) is 18.7 Å². The predicted octanol–water partition coefficient (Wildman–Crippen LogP) is 4.39. The summed E-state index contributed by atoms with van der Waals surface area (Å²) < 4.78 is 8.66. The maximum atomic E-state index is 13.5. The van der Waals surface area contributed by atoms with Gasteiger partial charge < -0.3 is 9.30 Å². The molecule has 1 aliphatic carbocycles. The van der Waals surface area contributed by atoms with Crippen LogP contribution in [0, 0.1) is 0 Å². The molecule has 0 bridgehead atoms. The Balaban J connectivity index is 1.76. The van der Waals surface area contributed by atoms with E-state index in [-0.39, 0.29) is 41.6 Å². The van der Waals surface area contributed by atoms with Crippen LogP contribution in [0.5, 0.6) is 0 Å². The van der Waals surface area contributed by atoms with E-state index in [0.29, 0.717) is 23.1 Å². The number of aryl methyl sites for hydroxylation is 1. The Labute approximate surface area is 214 Å². The third kappa shape index (κ3) is 5.09. The molecule has 190 valence electrons. The molecule has 4 aromatic rings. The molecule has 0 aliphatic heterocycles. The Morgan fingerprint density at radius 1 is 1.05 bits per heavy atom. The maximum Gasteiger partial charge on any atom is 0.341 e. The number of ether oxygens (including phenoxy) is 1. The molecular formula is C29H30N4O4. The minimum Gasteiger partial charge on any atom is -0.462 e. The van der Waals surface area contributed by atoms with E-state index in [4.69, 9.17) is 9.72 Å². The zero-order chi connectivity index (χ0) is 25.8. The minimum absolute atomic E-state index is 0.0376. The van der Waals surface area contributed by atoms with Gasteiger partial charge in [0.05, 0.1) is 12.0 Å². The fourth-order valence-corrected chi connectivity index (χ4v) is 5.07. The lowest BCUT2D eigenvalue weighted by molar-refractivity contribution is -0.118. The van der Waals surface area contributed by atoms with Crippen LogP contribution in [0.3, 0.4) is 0 Å².